The minimum absolute atomic E-state index is 0.0674. The Hall–Kier alpha value is -3.39. The Balaban J connectivity index is 1.89. The van der Waals surface area contributed by atoms with Gasteiger partial charge in [0.05, 0.1) is 0 Å². The van der Waals surface area contributed by atoms with Gasteiger partial charge in [0.1, 0.15) is 18.2 Å². The van der Waals surface area contributed by atoms with E-state index in [1.54, 1.807) is 0 Å². The van der Waals surface area contributed by atoms with Crippen LogP contribution in [0.5, 0.6) is 0 Å². The summed E-state index contributed by atoms with van der Waals surface area (Å²) in [5.74, 6) is -0.319. The van der Waals surface area contributed by atoms with Crippen molar-refractivity contribution in [1.29, 1.82) is 0 Å². The largest absolute Gasteiger partial charge is 0.459 e. The molecular weight excluding hydrogens is 518 g/mol. The topological polar surface area (TPSA) is 97.0 Å². The summed E-state index contributed by atoms with van der Waals surface area (Å²) in [6, 6.07) is 18.7. The summed E-state index contributed by atoms with van der Waals surface area (Å²) in [7, 11) is 0. The molecule has 1 saturated heterocycles. The van der Waals surface area contributed by atoms with Crippen LogP contribution in [0.1, 0.15) is 71.9 Å². The van der Waals surface area contributed by atoms with Crippen molar-refractivity contribution in [1.82, 2.24) is 15.5 Å². The number of esters is 1. The maximum absolute atomic E-state index is 13.6. The number of alkyl carbamates (subject to hydrolysis) is 1. The monoisotopic (exact) mass is 565 g/mol. The molecule has 1 heterocycles. The number of rotatable bonds is 12. The number of hydrogen-bond donors (Lipinski definition) is 2. The second kappa shape index (κ2) is 15.0. The Morgan fingerprint density at radius 1 is 1.00 bits per heavy atom. The first-order chi connectivity index (χ1) is 19.5. The van der Waals surface area contributed by atoms with E-state index in [1.807, 2.05) is 76.2 Å². The zero-order valence-corrected chi connectivity index (χ0v) is 25.4. The van der Waals surface area contributed by atoms with E-state index in [0.29, 0.717) is 19.4 Å². The summed E-state index contributed by atoms with van der Waals surface area (Å²) < 4.78 is 11.4. The van der Waals surface area contributed by atoms with E-state index in [2.05, 4.69) is 34.6 Å². The molecule has 3 unspecified atom stereocenters. The van der Waals surface area contributed by atoms with Gasteiger partial charge in [0.15, 0.2) is 0 Å². The molecule has 0 radical (unpaired) electrons. The molecule has 0 saturated carbocycles. The van der Waals surface area contributed by atoms with Crippen LogP contribution in [0.15, 0.2) is 60.7 Å². The van der Waals surface area contributed by atoms with Gasteiger partial charge in [-0.3, -0.25) is 14.5 Å². The average Bonchev–Trinajstić information content (AvgIpc) is 3.33. The number of ether oxygens (including phenoxy) is 2. The lowest BCUT2D eigenvalue weighted by atomic mass is 9.83. The van der Waals surface area contributed by atoms with Crippen molar-refractivity contribution in [3.8, 4) is 0 Å². The summed E-state index contributed by atoms with van der Waals surface area (Å²) in [5, 5.41) is 6.10. The molecule has 0 bridgehead atoms. The summed E-state index contributed by atoms with van der Waals surface area (Å²) in [5.41, 5.74) is 1.40. The van der Waals surface area contributed by atoms with Gasteiger partial charge in [-0.25, -0.2) is 4.79 Å². The summed E-state index contributed by atoms with van der Waals surface area (Å²) in [6.07, 6.45) is 2.39. The summed E-state index contributed by atoms with van der Waals surface area (Å²) in [6.45, 7) is 11.9. The molecular formula is C33H47N3O5. The molecule has 224 valence electrons. The highest BCUT2D eigenvalue weighted by molar-refractivity contribution is 5.77. The predicted molar refractivity (Wildman–Crippen MR) is 160 cm³/mol. The van der Waals surface area contributed by atoms with Gasteiger partial charge in [0.25, 0.3) is 0 Å². The number of carbonyl (C=O) groups excluding carboxylic acids is 3. The Labute approximate surface area is 245 Å². The van der Waals surface area contributed by atoms with Crippen molar-refractivity contribution >= 4 is 18.0 Å². The van der Waals surface area contributed by atoms with Crippen molar-refractivity contribution in [2.45, 2.75) is 104 Å². The third kappa shape index (κ3) is 10.2. The van der Waals surface area contributed by atoms with Crippen molar-refractivity contribution in [2.24, 2.45) is 5.92 Å². The van der Waals surface area contributed by atoms with Crippen molar-refractivity contribution in [2.75, 3.05) is 6.54 Å². The van der Waals surface area contributed by atoms with Gasteiger partial charge >= 0.3 is 12.1 Å². The van der Waals surface area contributed by atoms with Gasteiger partial charge in [0.2, 0.25) is 5.91 Å². The number of amides is 2. The average molecular weight is 566 g/mol. The number of likely N-dealkylation sites (tertiary alicyclic amines) is 1. The lowest BCUT2D eigenvalue weighted by Gasteiger charge is -2.41. The molecule has 8 heteroatoms. The highest BCUT2D eigenvalue weighted by Crippen LogP contribution is 2.32. The first-order valence-corrected chi connectivity index (χ1v) is 14.7. The fraction of sp³-hybridized carbons (Fsp3) is 0.545. The highest BCUT2D eigenvalue weighted by Gasteiger charge is 2.45. The maximum Gasteiger partial charge on any atom is 0.407 e. The zero-order valence-electron chi connectivity index (χ0n) is 25.4. The smallest absolute Gasteiger partial charge is 0.407 e. The van der Waals surface area contributed by atoms with Crippen LogP contribution in [0.2, 0.25) is 0 Å². The van der Waals surface area contributed by atoms with Crippen LogP contribution in [-0.4, -0.2) is 59.2 Å². The molecule has 8 nitrogen and oxygen atoms in total. The molecule has 1 aliphatic heterocycles. The SMILES string of the molecule is CCC[C@@H](C(C)NC(C)=O)[C@H](Cc1ccccc1)N1CC(NC(=O)OCc2ccccc2)CC1C(=O)OC(C)(C)C. The van der Waals surface area contributed by atoms with Crippen molar-refractivity contribution in [3.05, 3.63) is 71.8 Å². The molecule has 5 atom stereocenters. The van der Waals surface area contributed by atoms with Crippen molar-refractivity contribution < 1.29 is 23.9 Å². The van der Waals surface area contributed by atoms with Crippen LogP contribution >= 0.6 is 0 Å². The molecule has 2 aromatic rings. The lowest BCUT2D eigenvalue weighted by Crippen LogP contribution is -2.54. The minimum atomic E-state index is -0.649. The normalized spacial score (nSPS) is 19.6. The Bertz CT molecular complexity index is 1120. The van der Waals surface area contributed by atoms with Crippen LogP contribution in [0.25, 0.3) is 0 Å². The van der Waals surface area contributed by atoms with E-state index in [-0.39, 0.29) is 42.5 Å². The molecule has 1 aliphatic rings. The molecule has 2 amide bonds. The van der Waals surface area contributed by atoms with E-state index in [9.17, 15) is 14.4 Å². The fourth-order valence-corrected chi connectivity index (χ4v) is 5.77. The molecule has 1 fully saturated rings. The molecule has 0 aliphatic carbocycles. The van der Waals surface area contributed by atoms with Crippen LogP contribution in [0.3, 0.4) is 0 Å². The van der Waals surface area contributed by atoms with E-state index >= 15 is 0 Å². The van der Waals surface area contributed by atoms with E-state index in [4.69, 9.17) is 9.47 Å². The third-order valence-electron chi connectivity index (χ3n) is 7.46. The number of nitrogens with zero attached hydrogens (tertiary/aromatic N) is 1. The van der Waals surface area contributed by atoms with Crippen LogP contribution in [0, 0.1) is 5.92 Å². The molecule has 0 aromatic heterocycles. The minimum Gasteiger partial charge on any atom is -0.459 e. The van der Waals surface area contributed by atoms with Gasteiger partial charge in [-0.2, -0.15) is 0 Å². The lowest BCUT2D eigenvalue weighted by molar-refractivity contribution is -0.161. The molecule has 2 aromatic carbocycles. The number of benzene rings is 2. The number of nitrogens with one attached hydrogen (secondary N) is 2. The molecule has 3 rings (SSSR count). The Kier molecular flexibility index (Phi) is 11.8. The standard InChI is InChI=1S/C33H47N3O5/c1-7-14-28(23(2)34-24(3)37)29(19-25-15-10-8-11-16-25)36-21-27(20-30(36)31(38)41-33(4,5)6)35-32(39)40-22-26-17-12-9-13-18-26/h8-13,15-18,23,27-30H,7,14,19-22H2,1-6H3,(H,34,37)(H,35,39)/t23?,27?,28-,29-,30?/m0/s1. The van der Waals surface area contributed by atoms with E-state index in [1.165, 1.54) is 6.92 Å². The zero-order chi connectivity index (χ0) is 30.0. The second-order valence-corrected chi connectivity index (χ2v) is 12.1. The quantitative estimate of drug-likeness (QED) is 0.341. The summed E-state index contributed by atoms with van der Waals surface area (Å²) >= 11 is 0. The van der Waals surface area contributed by atoms with Crippen molar-refractivity contribution in [3.63, 3.8) is 0 Å². The van der Waals surface area contributed by atoms with Gasteiger partial charge in [0, 0.05) is 31.6 Å². The fourth-order valence-electron chi connectivity index (χ4n) is 5.77. The molecule has 0 spiro atoms. The third-order valence-corrected chi connectivity index (χ3v) is 7.46. The van der Waals surface area contributed by atoms with Gasteiger partial charge in [-0.15, -0.1) is 0 Å². The first kappa shape index (κ1) is 32.1. The van der Waals surface area contributed by atoms with Gasteiger partial charge in [-0.05, 0) is 64.0 Å². The van der Waals surface area contributed by atoms with Crippen LogP contribution in [-0.2, 0) is 32.1 Å². The Morgan fingerprint density at radius 2 is 1.61 bits per heavy atom. The van der Waals surface area contributed by atoms with E-state index < -0.39 is 17.7 Å². The van der Waals surface area contributed by atoms with Crippen LogP contribution < -0.4 is 10.6 Å². The second-order valence-electron chi connectivity index (χ2n) is 12.1. The molecule has 2 N–H and O–H groups in total. The van der Waals surface area contributed by atoms with Crippen LogP contribution in [0.4, 0.5) is 4.79 Å². The number of carbonyl (C=O) groups is 3. The van der Waals surface area contributed by atoms with Gasteiger partial charge in [-0.1, -0.05) is 74.0 Å². The van der Waals surface area contributed by atoms with E-state index in [0.717, 1.165) is 24.0 Å². The Morgan fingerprint density at radius 3 is 2.17 bits per heavy atom. The maximum atomic E-state index is 13.6. The number of hydrogen-bond acceptors (Lipinski definition) is 6. The highest BCUT2D eigenvalue weighted by atomic mass is 16.6. The molecule has 41 heavy (non-hydrogen) atoms. The predicted octanol–water partition coefficient (Wildman–Crippen LogP) is 5.25. The summed E-state index contributed by atoms with van der Waals surface area (Å²) in [4.78, 5) is 40.7. The van der Waals surface area contributed by atoms with Gasteiger partial charge < -0.3 is 20.1 Å². The first-order valence-electron chi connectivity index (χ1n) is 14.7.